The quantitative estimate of drug-likeness (QED) is 0.731. The van der Waals surface area contributed by atoms with Crippen LogP contribution in [-0.2, 0) is 0 Å². The van der Waals surface area contributed by atoms with Gasteiger partial charge in [0.05, 0.1) is 12.1 Å². The molecule has 0 N–H and O–H groups in total. The lowest BCUT2D eigenvalue weighted by molar-refractivity contribution is 0.338. The van der Waals surface area contributed by atoms with Crippen LogP contribution in [0, 0.1) is 0 Å². The number of benzene rings is 1. The molecule has 1 fully saturated rings. The van der Waals surface area contributed by atoms with E-state index in [-0.39, 0.29) is 0 Å². The van der Waals surface area contributed by atoms with E-state index >= 15 is 0 Å². The molecule has 3 heterocycles. The van der Waals surface area contributed by atoms with Gasteiger partial charge in [0.25, 0.3) is 0 Å². The van der Waals surface area contributed by atoms with Gasteiger partial charge in [-0.2, -0.15) is 0 Å². The van der Waals surface area contributed by atoms with E-state index in [1.165, 1.54) is 0 Å². The summed E-state index contributed by atoms with van der Waals surface area (Å²) in [7, 11) is 0. The fraction of sp³-hybridized carbons (Fsp3) is 0.316. The van der Waals surface area contributed by atoms with Gasteiger partial charge < -0.3 is 14.5 Å². The number of anilines is 2. The Morgan fingerprint density at radius 3 is 2.44 bits per heavy atom. The highest BCUT2D eigenvalue weighted by Crippen LogP contribution is 2.28. The van der Waals surface area contributed by atoms with E-state index < -0.39 is 0 Å². The van der Waals surface area contributed by atoms with Gasteiger partial charge in [-0.3, -0.25) is 0 Å². The molecule has 0 amide bonds. The maximum absolute atomic E-state index is 5.72. The van der Waals surface area contributed by atoms with Crippen molar-refractivity contribution in [1.29, 1.82) is 0 Å². The molecule has 1 aromatic carbocycles. The third-order valence-electron chi connectivity index (χ3n) is 4.45. The topological polar surface area (TPSA) is 54.4 Å². The normalized spacial score (nSPS) is 14.8. The Bertz CT molecular complexity index is 856. The zero-order valence-corrected chi connectivity index (χ0v) is 14.3. The number of rotatable bonds is 4. The molecule has 1 aliphatic rings. The highest BCUT2D eigenvalue weighted by Gasteiger charge is 2.22. The summed E-state index contributed by atoms with van der Waals surface area (Å²) in [5.74, 6) is 2.79. The van der Waals surface area contributed by atoms with Crippen LogP contribution in [0.3, 0.4) is 0 Å². The SMILES string of the molecule is CCOc1cccnc1N1CCN(c2ncnc3ccccc23)CC1. The monoisotopic (exact) mass is 335 g/mol. The Balaban J connectivity index is 1.54. The highest BCUT2D eigenvalue weighted by molar-refractivity contribution is 5.89. The second-order valence-electron chi connectivity index (χ2n) is 5.95. The summed E-state index contributed by atoms with van der Waals surface area (Å²) in [5.41, 5.74) is 0.985. The van der Waals surface area contributed by atoms with Crippen molar-refractivity contribution < 1.29 is 4.74 Å². The molecule has 1 saturated heterocycles. The van der Waals surface area contributed by atoms with Crippen molar-refractivity contribution in [2.75, 3.05) is 42.6 Å². The second-order valence-corrected chi connectivity index (χ2v) is 5.95. The Kier molecular flexibility index (Phi) is 4.33. The predicted molar refractivity (Wildman–Crippen MR) is 99.4 cm³/mol. The summed E-state index contributed by atoms with van der Waals surface area (Å²) < 4.78 is 5.72. The number of piperazine rings is 1. The number of hydrogen-bond acceptors (Lipinski definition) is 6. The zero-order chi connectivity index (χ0) is 17.1. The number of ether oxygens (including phenoxy) is 1. The van der Waals surface area contributed by atoms with Crippen molar-refractivity contribution in [1.82, 2.24) is 15.0 Å². The number of hydrogen-bond donors (Lipinski definition) is 0. The molecule has 25 heavy (non-hydrogen) atoms. The number of pyridine rings is 1. The third kappa shape index (κ3) is 3.07. The number of nitrogens with zero attached hydrogens (tertiary/aromatic N) is 5. The standard InChI is InChI=1S/C19H21N5O/c1-2-25-17-8-5-9-20-19(17)24-12-10-23(11-13-24)18-15-6-3-4-7-16(15)21-14-22-18/h3-9,14H,2,10-13H2,1H3. The van der Waals surface area contributed by atoms with Crippen LogP contribution in [0.4, 0.5) is 11.6 Å². The smallest absolute Gasteiger partial charge is 0.171 e. The van der Waals surface area contributed by atoms with E-state index in [1.807, 2.05) is 43.5 Å². The van der Waals surface area contributed by atoms with Gasteiger partial charge in [-0.1, -0.05) is 12.1 Å². The van der Waals surface area contributed by atoms with E-state index in [9.17, 15) is 0 Å². The van der Waals surface area contributed by atoms with Gasteiger partial charge in [0.2, 0.25) is 0 Å². The largest absolute Gasteiger partial charge is 0.490 e. The molecular weight excluding hydrogens is 314 g/mol. The van der Waals surface area contributed by atoms with Gasteiger partial charge in [0, 0.05) is 37.8 Å². The highest BCUT2D eigenvalue weighted by atomic mass is 16.5. The van der Waals surface area contributed by atoms with Crippen molar-refractivity contribution in [2.45, 2.75) is 6.92 Å². The van der Waals surface area contributed by atoms with Gasteiger partial charge in [-0.05, 0) is 31.2 Å². The summed E-state index contributed by atoms with van der Waals surface area (Å²) in [6.07, 6.45) is 3.47. The Hall–Kier alpha value is -2.89. The maximum atomic E-state index is 5.72. The molecule has 0 bridgehead atoms. The van der Waals surface area contributed by atoms with Crippen LogP contribution < -0.4 is 14.5 Å². The Labute approximate surface area is 147 Å². The summed E-state index contributed by atoms with van der Waals surface area (Å²) in [5, 5.41) is 1.10. The first-order valence-corrected chi connectivity index (χ1v) is 8.64. The van der Waals surface area contributed by atoms with Gasteiger partial charge in [-0.25, -0.2) is 15.0 Å². The molecule has 0 radical (unpaired) electrons. The lowest BCUT2D eigenvalue weighted by Crippen LogP contribution is -2.47. The molecule has 0 atom stereocenters. The van der Waals surface area contributed by atoms with Crippen LogP contribution in [0.15, 0.2) is 48.9 Å². The molecule has 6 heteroatoms. The van der Waals surface area contributed by atoms with Crippen molar-refractivity contribution in [3.63, 3.8) is 0 Å². The molecule has 2 aromatic heterocycles. The van der Waals surface area contributed by atoms with Crippen LogP contribution in [-0.4, -0.2) is 47.7 Å². The lowest BCUT2D eigenvalue weighted by Gasteiger charge is -2.36. The molecule has 1 aliphatic heterocycles. The average molecular weight is 335 g/mol. The Morgan fingerprint density at radius 1 is 0.880 bits per heavy atom. The summed E-state index contributed by atoms with van der Waals surface area (Å²) in [6.45, 7) is 6.19. The molecule has 3 aromatic rings. The maximum Gasteiger partial charge on any atom is 0.171 e. The zero-order valence-electron chi connectivity index (χ0n) is 14.3. The summed E-state index contributed by atoms with van der Waals surface area (Å²) in [4.78, 5) is 18.0. The molecule has 128 valence electrons. The predicted octanol–water partition coefficient (Wildman–Crippen LogP) is 2.75. The fourth-order valence-corrected chi connectivity index (χ4v) is 3.26. The minimum atomic E-state index is 0.644. The first-order valence-electron chi connectivity index (χ1n) is 8.64. The van der Waals surface area contributed by atoms with Crippen LogP contribution in [0.1, 0.15) is 6.92 Å². The summed E-state index contributed by atoms with van der Waals surface area (Å²) in [6, 6.07) is 12.1. The molecule has 0 unspecified atom stereocenters. The number of aromatic nitrogens is 3. The van der Waals surface area contributed by atoms with Crippen LogP contribution >= 0.6 is 0 Å². The minimum absolute atomic E-state index is 0.644. The number of para-hydroxylation sites is 1. The van der Waals surface area contributed by atoms with E-state index in [4.69, 9.17) is 4.74 Å². The van der Waals surface area contributed by atoms with Gasteiger partial charge in [0.1, 0.15) is 12.1 Å². The first-order chi connectivity index (χ1) is 12.4. The molecule has 0 aliphatic carbocycles. The van der Waals surface area contributed by atoms with Crippen molar-refractivity contribution in [3.8, 4) is 5.75 Å². The van der Waals surface area contributed by atoms with Gasteiger partial charge >= 0.3 is 0 Å². The summed E-state index contributed by atoms with van der Waals surface area (Å²) >= 11 is 0. The van der Waals surface area contributed by atoms with E-state index in [0.717, 1.165) is 54.5 Å². The van der Waals surface area contributed by atoms with E-state index in [0.29, 0.717) is 6.61 Å². The first kappa shape index (κ1) is 15.6. The molecule has 0 saturated carbocycles. The van der Waals surface area contributed by atoms with Gasteiger partial charge in [0.15, 0.2) is 11.6 Å². The molecule has 4 rings (SSSR count). The average Bonchev–Trinajstić information content (AvgIpc) is 2.68. The van der Waals surface area contributed by atoms with E-state index in [1.54, 1.807) is 6.33 Å². The van der Waals surface area contributed by atoms with Crippen molar-refractivity contribution in [2.24, 2.45) is 0 Å². The van der Waals surface area contributed by atoms with Crippen LogP contribution in [0.2, 0.25) is 0 Å². The second kappa shape index (κ2) is 6.93. The lowest BCUT2D eigenvalue weighted by atomic mass is 10.2. The molecule has 6 nitrogen and oxygen atoms in total. The van der Waals surface area contributed by atoms with Crippen LogP contribution in [0.5, 0.6) is 5.75 Å². The molecule has 0 spiro atoms. The van der Waals surface area contributed by atoms with Crippen LogP contribution in [0.25, 0.3) is 10.9 Å². The van der Waals surface area contributed by atoms with Gasteiger partial charge in [-0.15, -0.1) is 0 Å². The number of fused-ring (bicyclic) bond motifs is 1. The third-order valence-corrected chi connectivity index (χ3v) is 4.45. The Morgan fingerprint density at radius 2 is 1.64 bits per heavy atom. The molecular formula is C19H21N5O. The van der Waals surface area contributed by atoms with E-state index in [2.05, 4.69) is 30.8 Å². The fourth-order valence-electron chi connectivity index (χ4n) is 3.26. The van der Waals surface area contributed by atoms with Crippen molar-refractivity contribution >= 4 is 22.5 Å². The van der Waals surface area contributed by atoms with Crippen molar-refractivity contribution in [3.05, 3.63) is 48.9 Å². The minimum Gasteiger partial charge on any atom is -0.490 e.